The van der Waals surface area contributed by atoms with Crippen molar-refractivity contribution in [2.45, 2.75) is 6.61 Å². The monoisotopic (exact) mass is 427 g/mol. The van der Waals surface area contributed by atoms with Crippen LogP contribution in [0.2, 0.25) is 0 Å². The smallest absolute Gasteiger partial charge is 0.189 e. The lowest BCUT2D eigenvalue weighted by atomic mass is 10.0. The van der Waals surface area contributed by atoms with Crippen LogP contribution in [0.5, 0.6) is 5.75 Å². The second-order valence-electron chi connectivity index (χ2n) is 8.37. The third-order valence-corrected chi connectivity index (χ3v) is 6.38. The molecule has 1 saturated heterocycles. The van der Waals surface area contributed by atoms with Crippen molar-refractivity contribution >= 4 is 11.3 Å². The van der Waals surface area contributed by atoms with Gasteiger partial charge in [-0.3, -0.25) is 9.38 Å². The zero-order valence-corrected chi connectivity index (χ0v) is 18.1. The van der Waals surface area contributed by atoms with E-state index in [0.29, 0.717) is 13.4 Å². The molecule has 0 radical (unpaired) electrons. The molecule has 162 valence electrons. The molecular weight excluding hydrogens is 402 g/mol. The number of benzene rings is 2. The van der Waals surface area contributed by atoms with Crippen LogP contribution >= 0.6 is 0 Å². The van der Waals surface area contributed by atoms with E-state index in [2.05, 4.69) is 67.7 Å². The number of piperazine rings is 1. The minimum Gasteiger partial charge on any atom is -0.467 e. The number of likely N-dealkylation sites (N-methyl/N-ethyl adjacent to an activating group) is 1. The van der Waals surface area contributed by atoms with Crippen molar-refractivity contribution < 1.29 is 9.47 Å². The second-order valence-corrected chi connectivity index (χ2v) is 8.37. The predicted octanol–water partition coefficient (Wildman–Crippen LogP) is 3.68. The summed E-state index contributed by atoms with van der Waals surface area (Å²) in [5.41, 5.74) is 7.21. The highest BCUT2D eigenvalue weighted by Gasteiger charge is 2.19. The number of hydrogen-bond donors (Lipinski definition) is 0. The molecule has 32 heavy (non-hydrogen) atoms. The summed E-state index contributed by atoms with van der Waals surface area (Å²) in [5, 5.41) is 0. The molecule has 0 unspecified atom stereocenters. The van der Waals surface area contributed by atoms with E-state index in [-0.39, 0.29) is 0 Å². The molecular formula is C25H25N5O2. The molecule has 0 spiro atoms. The Morgan fingerprint density at radius 1 is 0.906 bits per heavy atom. The Hall–Kier alpha value is -3.42. The molecule has 6 rings (SSSR count). The minimum atomic E-state index is 0.293. The molecule has 2 aromatic carbocycles. The van der Waals surface area contributed by atoms with Crippen molar-refractivity contribution in [3.05, 3.63) is 66.6 Å². The zero-order chi connectivity index (χ0) is 21.5. The van der Waals surface area contributed by atoms with Gasteiger partial charge in [0.05, 0.1) is 30.4 Å². The topological polar surface area (TPSA) is 55.1 Å². The molecule has 7 nitrogen and oxygen atoms in total. The molecule has 0 N–H and O–H groups in total. The fourth-order valence-electron chi connectivity index (χ4n) is 4.48. The summed E-state index contributed by atoms with van der Waals surface area (Å²) in [4.78, 5) is 14.1. The van der Waals surface area contributed by atoms with Crippen LogP contribution in [0, 0.1) is 0 Å². The van der Waals surface area contributed by atoms with Gasteiger partial charge in [0.25, 0.3) is 0 Å². The number of aromatic nitrogens is 3. The lowest BCUT2D eigenvalue weighted by Gasteiger charge is -2.34. The van der Waals surface area contributed by atoms with Crippen LogP contribution in [0.1, 0.15) is 5.56 Å². The van der Waals surface area contributed by atoms with Crippen LogP contribution in [0.3, 0.4) is 0 Å². The highest BCUT2D eigenvalue weighted by atomic mass is 16.7. The van der Waals surface area contributed by atoms with Crippen LogP contribution in [-0.4, -0.2) is 59.3 Å². The number of hydrogen-bond acceptors (Lipinski definition) is 6. The van der Waals surface area contributed by atoms with Gasteiger partial charge in [0.1, 0.15) is 5.75 Å². The van der Waals surface area contributed by atoms with E-state index >= 15 is 0 Å². The van der Waals surface area contributed by atoms with E-state index in [1.807, 2.05) is 24.5 Å². The fraction of sp³-hybridized carbons (Fsp3) is 0.280. The average molecular weight is 428 g/mol. The Morgan fingerprint density at radius 2 is 1.75 bits per heavy atom. The van der Waals surface area contributed by atoms with Crippen molar-refractivity contribution in [3.8, 4) is 28.3 Å². The van der Waals surface area contributed by atoms with E-state index in [9.17, 15) is 0 Å². The van der Waals surface area contributed by atoms with E-state index in [0.717, 1.165) is 65.7 Å². The molecule has 1 fully saturated rings. The van der Waals surface area contributed by atoms with E-state index in [4.69, 9.17) is 9.47 Å². The number of anilines is 1. The van der Waals surface area contributed by atoms with Crippen LogP contribution < -0.4 is 9.64 Å². The average Bonchev–Trinajstić information content (AvgIpc) is 3.27. The first-order valence-electron chi connectivity index (χ1n) is 11.0. The van der Waals surface area contributed by atoms with Crippen LogP contribution in [0.15, 0.2) is 61.1 Å². The third kappa shape index (κ3) is 3.39. The first-order valence-corrected chi connectivity index (χ1v) is 11.0. The molecule has 2 aliphatic heterocycles. The Labute approximate surface area is 186 Å². The number of nitrogens with zero attached hydrogens (tertiary/aromatic N) is 5. The largest absolute Gasteiger partial charge is 0.467 e. The van der Waals surface area contributed by atoms with Gasteiger partial charge in [0, 0.05) is 54.8 Å². The normalized spacial score (nSPS) is 16.7. The molecule has 4 aromatic rings. The van der Waals surface area contributed by atoms with Crippen LogP contribution in [0.25, 0.3) is 28.2 Å². The zero-order valence-electron chi connectivity index (χ0n) is 18.1. The maximum absolute atomic E-state index is 5.66. The van der Waals surface area contributed by atoms with Gasteiger partial charge in [-0.15, -0.1) is 0 Å². The molecule has 4 heterocycles. The quantitative estimate of drug-likeness (QED) is 0.497. The Morgan fingerprint density at radius 3 is 2.59 bits per heavy atom. The van der Waals surface area contributed by atoms with Gasteiger partial charge in [0.2, 0.25) is 0 Å². The molecule has 0 aliphatic carbocycles. The molecule has 0 amide bonds. The SMILES string of the molecule is CN1CCN(c2ccc(-c3cn4c(-c5cccc6c5COCO6)cnc4cn3)cc2)CC1. The molecule has 0 bridgehead atoms. The number of imidazole rings is 1. The molecule has 2 aliphatic rings. The van der Waals surface area contributed by atoms with E-state index in [1.54, 1.807) is 0 Å². The number of fused-ring (bicyclic) bond motifs is 2. The van der Waals surface area contributed by atoms with E-state index < -0.39 is 0 Å². The summed E-state index contributed by atoms with van der Waals surface area (Å²) < 4.78 is 13.3. The highest BCUT2D eigenvalue weighted by molar-refractivity contribution is 5.71. The summed E-state index contributed by atoms with van der Waals surface area (Å²) in [6.07, 6.45) is 5.78. The molecule has 0 atom stereocenters. The Balaban J connectivity index is 1.35. The summed E-state index contributed by atoms with van der Waals surface area (Å²) >= 11 is 0. The van der Waals surface area contributed by atoms with Gasteiger partial charge >= 0.3 is 0 Å². The van der Waals surface area contributed by atoms with Crippen molar-refractivity contribution in [1.82, 2.24) is 19.3 Å². The molecule has 2 aromatic heterocycles. The highest BCUT2D eigenvalue weighted by Crippen LogP contribution is 2.34. The molecule has 7 heteroatoms. The van der Waals surface area contributed by atoms with Crippen molar-refractivity contribution in [2.24, 2.45) is 0 Å². The minimum absolute atomic E-state index is 0.293. The lowest BCUT2D eigenvalue weighted by Crippen LogP contribution is -2.44. The van der Waals surface area contributed by atoms with Crippen molar-refractivity contribution in [2.75, 3.05) is 44.9 Å². The van der Waals surface area contributed by atoms with Gasteiger partial charge in [-0.1, -0.05) is 24.3 Å². The van der Waals surface area contributed by atoms with Crippen molar-refractivity contribution in [3.63, 3.8) is 0 Å². The fourth-order valence-corrected chi connectivity index (χ4v) is 4.48. The first-order chi connectivity index (χ1) is 15.8. The summed E-state index contributed by atoms with van der Waals surface area (Å²) in [7, 11) is 2.18. The van der Waals surface area contributed by atoms with Crippen LogP contribution in [0.4, 0.5) is 5.69 Å². The number of ether oxygens (including phenoxy) is 2. The van der Waals surface area contributed by atoms with Gasteiger partial charge < -0.3 is 19.3 Å². The van der Waals surface area contributed by atoms with Gasteiger partial charge in [0.15, 0.2) is 12.4 Å². The predicted molar refractivity (Wildman–Crippen MR) is 124 cm³/mol. The Bertz CT molecular complexity index is 1260. The standard InChI is InChI=1S/C25H25N5O2/c1-28-9-11-29(12-10-28)19-7-5-18(6-8-19)22-15-30-23(13-27-25(30)14-26-22)20-3-2-4-24-21(20)16-31-17-32-24/h2-8,13-15H,9-12,16-17H2,1H3. The lowest BCUT2D eigenvalue weighted by molar-refractivity contribution is -0.0160. The maximum Gasteiger partial charge on any atom is 0.189 e. The van der Waals surface area contributed by atoms with Gasteiger partial charge in [-0.05, 0) is 25.2 Å². The summed E-state index contributed by atoms with van der Waals surface area (Å²) in [6.45, 7) is 5.15. The van der Waals surface area contributed by atoms with Gasteiger partial charge in [-0.2, -0.15) is 0 Å². The third-order valence-electron chi connectivity index (χ3n) is 6.38. The van der Waals surface area contributed by atoms with E-state index in [1.165, 1.54) is 5.69 Å². The van der Waals surface area contributed by atoms with Crippen LogP contribution in [-0.2, 0) is 11.3 Å². The maximum atomic E-state index is 5.66. The summed E-state index contributed by atoms with van der Waals surface area (Å²) in [6, 6.07) is 14.8. The first kappa shape index (κ1) is 19.3. The Kier molecular flexibility index (Phi) is 4.78. The molecule has 0 saturated carbocycles. The van der Waals surface area contributed by atoms with Gasteiger partial charge in [-0.25, -0.2) is 4.98 Å². The summed E-state index contributed by atoms with van der Waals surface area (Å²) in [5.74, 6) is 0.873. The number of rotatable bonds is 3. The second kappa shape index (κ2) is 7.93. The van der Waals surface area contributed by atoms with Crippen molar-refractivity contribution in [1.29, 1.82) is 0 Å².